The number of nitro benzene ring substituents is 1. The van der Waals surface area contributed by atoms with E-state index in [9.17, 15) is 14.9 Å². The predicted octanol–water partition coefficient (Wildman–Crippen LogP) is 2.48. The minimum atomic E-state index is -0.517. The normalized spacial score (nSPS) is 22.7. The van der Waals surface area contributed by atoms with Gasteiger partial charge in [0.1, 0.15) is 0 Å². The summed E-state index contributed by atoms with van der Waals surface area (Å²) in [6, 6.07) is 5.64. The highest BCUT2D eigenvalue weighted by Crippen LogP contribution is 2.24. The number of hydrogen-bond donors (Lipinski definition) is 1. The Labute approximate surface area is 109 Å². The van der Waals surface area contributed by atoms with Crippen molar-refractivity contribution in [2.45, 2.75) is 30.7 Å². The Morgan fingerprint density at radius 1 is 1.44 bits per heavy atom. The van der Waals surface area contributed by atoms with Crippen LogP contribution in [0.1, 0.15) is 29.6 Å². The van der Waals surface area contributed by atoms with Crippen LogP contribution in [0.15, 0.2) is 24.3 Å². The van der Waals surface area contributed by atoms with E-state index in [1.165, 1.54) is 18.2 Å². The molecule has 1 fully saturated rings. The van der Waals surface area contributed by atoms with Gasteiger partial charge in [0.05, 0.1) is 10.3 Å². The molecule has 5 nitrogen and oxygen atoms in total. The topological polar surface area (TPSA) is 72.2 Å². The Bertz CT molecular complexity index is 478. The van der Waals surface area contributed by atoms with Crippen molar-refractivity contribution >= 4 is 23.2 Å². The molecule has 0 heterocycles. The zero-order valence-corrected chi connectivity index (χ0v) is 10.4. The Morgan fingerprint density at radius 3 is 2.83 bits per heavy atom. The summed E-state index contributed by atoms with van der Waals surface area (Å²) in [5.41, 5.74) is 0.205. The number of carbonyl (C=O) groups excluding carboxylic acids is 1. The molecule has 0 saturated heterocycles. The number of amides is 1. The fourth-order valence-electron chi connectivity index (χ4n) is 2.09. The first kappa shape index (κ1) is 12.8. The zero-order chi connectivity index (χ0) is 13.1. The van der Waals surface area contributed by atoms with Gasteiger partial charge in [-0.15, -0.1) is 11.6 Å². The summed E-state index contributed by atoms with van der Waals surface area (Å²) in [4.78, 5) is 22.0. The lowest BCUT2D eigenvalue weighted by Gasteiger charge is -2.15. The van der Waals surface area contributed by atoms with E-state index in [4.69, 9.17) is 11.6 Å². The predicted molar refractivity (Wildman–Crippen MR) is 67.8 cm³/mol. The van der Waals surface area contributed by atoms with Crippen LogP contribution in [0.2, 0.25) is 0 Å². The lowest BCUT2D eigenvalue weighted by Crippen LogP contribution is -2.37. The average molecular weight is 269 g/mol. The summed E-state index contributed by atoms with van der Waals surface area (Å²) >= 11 is 6.07. The lowest BCUT2D eigenvalue weighted by molar-refractivity contribution is -0.384. The van der Waals surface area contributed by atoms with E-state index in [2.05, 4.69) is 5.32 Å². The molecule has 2 unspecified atom stereocenters. The quantitative estimate of drug-likeness (QED) is 0.520. The van der Waals surface area contributed by atoms with Gasteiger partial charge in [0, 0.05) is 23.7 Å². The summed E-state index contributed by atoms with van der Waals surface area (Å²) in [6.45, 7) is 0. The average Bonchev–Trinajstić information content (AvgIpc) is 2.75. The van der Waals surface area contributed by atoms with Crippen molar-refractivity contribution in [3.8, 4) is 0 Å². The number of nitrogens with zero attached hydrogens (tertiary/aromatic N) is 1. The maximum Gasteiger partial charge on any atom is 0.270 e. The number of nitro groups is 1. The summed E-state index contributed by atoms with van der Waals surface area (Å²) in [7, 11) is 0. The molecule has 1 aromatic rings. The molecule has 0 aromatic heterocycles. The minimum absolute atomic E-state index is 0.0431. The number of alkyl halides is 1. The van der Waals surface area contributed by atoms with Crippen molar-refractivity contribution in [3.05, 3.63) is 39.9 Å². The van der Waals surface area contributed by atoms with Crippen molar-refractivity contribution in [2.24, 2.45) is 0 Å². The molecular formula is C12H13ClN2O3. The van der Waals surface area contributed by atoms with E-state index < -0.39 is 4.92 Å². The van der Waals surface area contributed by atoms with E-state index >= 15 is 0 Å². The van der Waals surface area contributed by atoms with Gasteiger partial charge in [-0.25, -0.2) is 0 Å². The molecule has 18 heavy (non-hydrogen) atoms. The molecule has 6 heteroatoms. The molecule has 1 N–H and O–H groups in total. The fraction of sp³-hybridized carbons (Fsp3) is 0.417. The maximum absolute atomic E-state index is 11.9. The first-order valence-corrected chi connectivity index (χ1v) is 6.21. The molecule has 1 aromatic carbocycles. The molecule has 1 aliphatic carbocycles. The molecule has 0 bridgehead atoms. The van der Waals surface area contributed by atoms with Gasteiger partial charge in [-0.05, 0) is 25.3 Å². The Kier molecular flexibility index (Phi) is 3.81. The van der Waals surface area contributed by atoms with Crippen molar-refractivity contribution < 1.29 is 9.72 Å². The van der Waals surface area contributed by atoms with E-state index in [1.807, 2.05) is 0 Å². The van der Waals surface area contributed by atoms with Crippen LogP contribution in [-0.4, -0.2) is 22.2 Å². The number of benzene rings is 1. The molecule has 1 amide bonds. The Morgan fingerprint density at radius 2 is 2.22 bits per heavy atom. The third-order valence-electron chi connectivity index (χ3n) is 3.07. The zero-order valence-electron chi connectivity index (χ0n) is 9.64. The van der Waals surface area contributed by atoms with Crippen LogP contribution in [0.5, 0.6) is 0 Å². The molecule has 1 saturated carbocycles. The van der Waals surface area contributed by atoms with E-state index in [1.54, 1.807) is 6.07 Å². The first-order valence-electron chi connectivity index (χ1n) is 5.77. The van der Waals surface area contributed by atoms with Gasteiger partial charge in [-0.2, -0.15) is 0 Å². The summed E-state index contributed by atoms with van der Waals surface area (Å²) in [6.07, 6.45) is 2.74. The van der Waals surface area contributed by atoms with Crippen molar-refractivity contribution in [3.63, 3.8) is 0 Å². The maximum atomic E-state index is 11.9. The van der Waals surface area contributed by atoms with Gasteiger partial charge in [0.2, 0.25) is 0 Å². The SMILES string of the molecule is O=C(NC1CCCC1Cl)c1cccc([N+](=O)[O-])c1. The van der Waals surface area contributed by atoms with Gasteiger partial charge in [-0.1, -0.05) is 6.07 Å². The highest BCUT2D eigenvalue weighted by atomic mass is 35.5. The van der Waals surface area contributed by atoms with Gasteiger partial charge < -0.3 is 5.32 Å². The smallest absolute Gasteiger partial charge is 0.270 e. The third kappa shape index (κ3) is 2.79. The first-order chi connectivity index (χ1) is 8.58. The van der Waals surface area contributed by atoms with Gasteiger partial charge in [-0.3, -0.25) is 14.9 Å². The van der Waals surface area contributed by atoms with E-state index in [-0.39, 0.29) is 23.0 Å². The second-order valence-electron chi connectivity index (χ2n) is 4.33. The molecular weight excluding hydrogens is 256 g/mol. The number of nitrogens with one attached hydrogen (secondary N) is 1. The monoisotopic (exact) mass is 268 g/mol. The van der Waals surface area contributed by atoms with Gasteiger partial charge >= 0.3 is 0 Å². The van der Waals surface area contributed by atoms with Crippen LogP contribution in [0, 0.1) is 10.1 Å². The summed E-state index contributed by atoms with van der Waals surface area (Å²) in [5, 5.41) is 13.4. The van der Waals surface area contributed by atoms with Crippen molar-refractivity contribution in [1.29, 1.82) is 0 Å². The second-order valence-corrected chi connectivity index (χ2v) is 4.89. The van der Waals surface area contributed by atoms with Crippen molar-refractivity contribution in [1.82, 2.24) is 5.32 Å². The largest absolute Gasteiger partial charge is 0.348 e. The van der Waals surface area contributed by atoms with Crippen LogP contribution >= 0.6 is 11.6 Å². The summed E-state index contributed by atoms with van der Waals surface area (Å²) < 4.78 is 0. The molecule has 2 atom stereocenters. The number of non-ortho nitro benzene ring substituents is 1. The molecule has 0 spiro atoms. The molecule has 0 aliphatic heterocycles. The van der Waals surface area contributed by atoms with Crippen LogP contribution < -0.4 is 5.32 Å². The van der Waals surface area contributed by atoms with Crippen molar-refractivity contribution in [2.75, 3.05) is 0 Å². The molecule has 0 radical (unpaired) electrons. The van der Waals surface area contributed by atoms with E-state index in [0.717, 1.165) is 19.3 Å². The highest BCUT2D eigenvalue weighted by Gasteiger charge is 2.27. The van der Waals surface area contributed by atoms with Crippen LogP contribution in [0.3, 0.4) is 0 Å². The fourth-order valence-corrected chi connectivity index (χ4v) is 2.43. The summed E-state index contributed by atoms with van der Waals surface area (Å²) in [5.74, 6) is -0.309. The van der Waals surface area contributed by atoms with Crippen LogP contribution in [-0.2, 0) is 0 Å². The lowest BCUT2D eigenvalue weighted by atomic mass is 10.1. The Balaban J connectivity index is 2.09. The van der Waals surface area contributed by atoms with Crippen LogP contribution in [0.4, 0.5) is 5.69 Å². The number of halogens is 1. The number of rotatable bonds is 3. The Hall–Kier alpha value is -1.62. The third-order valence-corrected chi connectivity index (χ3v) is 3.59. The standard InChI is InChI=1S/C12H13ClN2O3/c13-10-5-2-6-11(10)14-12(16)8-3-1-4-9(7-8)15(17)18/h1,3-4,7,10-11H,2,5-6H2,(H,14,16). The van der Waals surface area contributed by atoms with Gasteiger partial charge in [0.25, 0.3) is 11.6 Å². The molecule has 2 rings (SSSR count). The van der Waals surface area contributed by atoms with Gasteiger partial charge in [0.15, 0.2) is 0 Å². The number of hydrogen-bond acceptors (Lipinski definition) is 3. The minimum Gasteiger partial charge on any atom is -0.348 e. The highest BCUT2D eigenvalue weighted by molar-refractivity contribution is 6.21. The second kappa shape index (κ2) is 5.35. The molecule has 1 aliphatic rings. The molecule has 96 valence electrons. The van der Waals surface area contributed by atoms with E-state index in [0.29, 0.717) is 5.56 Å². The number of carbonyl (C=O) groups is 1. The van der Waals surface area contributed by atoms with Crippen LogP contribution in [0.25, 0.3) is 0 Å².